The Kier molecular flexibility index (Phi) is 7.28. The molecule has 0 aliphatic rings. The molecule has 0 amide bonds. The lowest BCUT2D eigenvalue weighted by Gasteiger charge is -2.12. The highest BCUT2D eigenvalue weighted by molar-refractivity contribution is 7.92. The average Bonchev–Trinajstić information content (AvgIpc) is 3.43. The quantitative estimate of drug-likeness (QED) is 0.188. The van der Waals surface area contributed by atoms with Gasteiger partial charge in [-0.25, -0.2) is 23.4 Å². The first kappa shape index (κ1) is 25.3. The number of aryl methyl sites for hydroxylation is 1. The SMILES string of the molecule is CS(=O)(=O)Nc1cccc(-c2nc3ccc(C(=O)CCCCn4ccnc4)cc3nc2-c2ccccc2)c1. The fourth-order valence-electron chi connectivity index (χ4n) is 4.31. The maximum atomic E-state index is 12.9. The van der Waals surface area contributed by atoms with Gasteiger partial charge in [-0.2, -0.15) is 0 Å². The summed E-state index contributed by atoms with van der Waals surface area (Å²) in [5.74, 6) is 0.0734. The van der Waals surface area contributed by atoms with E-state index in [4.69, 9.17) is 9.97 Å². The summed E-state index contributed by atoms with van der Waals surface area (Å²) in [4.78, 5) is 26.8. The molecule has 0 bridgehead atoms. The number of fused-ring (bicyclic) bond motifs is 1. The normalized spacial score (nSPS) is 11.5. The van der Waals surface area contributed by atoms with E-state index in [0.29, 0.717) is 40.1 Å². The molecule has 0 radical (unpaired) electrons. The lowest BCUT2D eigenvalue weighted by molar-refractivity contribution is 0.0979. The number of carbonyl (C=O) groups excluding carboxylic acids is 1. The van der Waals surface area contributed by atoms with Crippen molar-refractivity contribution in [2.45, 2.75) is 25.8 Å². The molecule has 5 rings (SSSR count). The summed E-state index contributed by atoms with van der Waals surface area (Å²) in [6.07, 6.45) is 8.69. The zero-order valence-corrected chi connectivity index (χ0v) is 21.7. The van der Waals surface area contributed by atoms with Crippen molar-refractivity contribution in [2.24, 2.45) is 0 Å². The van der Waals surface area contributed by atoms with Crippen molar-refractivity contribution in [1.29, 1.82) is 0 Å². The van der Waals surface area contributed by atoms with Crippen LogP contribution in [0.15, 0.2) is 91.5 Å². The Bertz CT molecular complexity index is 1680. The summed E-state index contributed by atoms with van der Waals surface area (Å²) in [5, 5.41) is 0. The maximum Gasteiger partial charge on any atom is 0.229 e. The molecule has 8 nitrogen and oxygen atoms in total. The second kappa shape index (κ2) is 10.9. The summed E-state index contributed by atoms with van der Waals surface area (Å²) in [5.41, 5.74) is 5.21. The van der Waals surface area contributed by atoms with E-state index >= 15 is 0 Å². The van der Waals surface area contributed by atoms with Crippen LogP contribution in [0.5, 0.6) is 0 Å². The van der Waals surface area contributed by atoms with Gasteiger partial charge in [0.15, 0.2) is 5.78 Å². The number of hydrogen-bond acceptors (Lipinski definition) is 6. The lowest BCUT2D eigenvalue weighted by atomic mass is 10.0. The van der Waals surface area contributed by atoms with Gasteiger partial charge in [0.1, 0.15) is 0 Å². The predicted octanol–water partition coefficient (Wildman–Crippen LogP) is 5.59. The zero-order valence-electron chi connectivity index (χ0n) is 20.9. The Morgan fingerprint density at radius 2 is 1.63 bits per heavy atom. The van der Waals surface area contributed by atoms with Crippen LogP contribution < -0.4 is 4.72 Å². The summed E-state index contributed by atoms with van der Waals surface area (Å²) < 4.78 is 28.1. The van der Waals surface area contributed by atoms with Crippen LogP contribution in [0.1, 0.15) is 29.6 Å². The number of carbonyl (C=O) groups is 1. The molecule has 2 aromatic heterocycles. The molecule has 0 unspecified atom stereocenters. The van der Waals surface area contributed by atoms with Crippen molar-refractivity contribution in [2.75, 3.05) is 11.0 Å². The van der Waals surface area contributed by atoms with Crippen LogP contribution in [-0.2, 0) is 16.6 Å². The highest BCUT2D eigenvalue weighted by Gasteiger charge is 2.16. The molecular weight excluding hydrogens is 498 g/mol. The van der Waals surface area contributed by atoms with Gasteiger partial charge in [-0.1, -0.05) is 42.5 Å². The second-order valence-corrected chi connectivity index (χ2v) is 10.9. The Hall–Kier alpha value is -4.37. The lowest BCUT2D eigenvalue weighted by Crippen LogP contribution is -2.09. The smallest absolute Gasteiger partial charge is 0.229 e. The van der Waals surface area contributed by atoms with Crippen LogP contribution in [0, 0.1) is 0 Å². The number of nitrogens with one attached hydrogen (secondary N) is 1. The number of unbranched alkanes of at least 4 members (excludes halogenated alkanes) is 1. The number of sulfonamides is 1. The van der Waals surface area contributed by atoms with Crippen molar-refractivity contribution in [1.82, 2.24) is 19.5 Å². The van der Waals surface area contributed by atoms with Gasteiger partial charge in [-0.05, 0) is 43.2 Å². The van der Waals surface area contributed by atoms with Crippen molar-refractivity contribution < 1.29 is 13.2 Å². The molecule has 5 aromatic rings. The van der Waals surface area contributed by atoms with E-state index in [2.05, 4.69) is 9.71 Å². The zero-order chi connectivity index (χ0) is 26.5. The average molecular weight is 526 g/mol. The van der Waals surface area contributed by atoms with Crippen LogP contribution in [0.2, 0.25) is 0 Å². The highest BCUT2D eigenvalue weighted by Crippen LogP contribution is 2.32. The number of hydrogen-bond donors (Lipinski definition) is 1. The summed E-state index contributed by atoms with van der Waals surface area (Å²) in [7, 11) is -3.43. The number of aromatic nitrogens is 4. The van der Waals surface area contributed by atoms with Crippen molar-refractivity contribution >= 4 is 32.5 Å². The minimum Gasteiger partial charge on any atom is -0.337 e. The third-order valence-corrected chi connectivity index (χ3v) is 6.71. The van der Waals surface area contributed by atoms with E-state index in [0.717, 1.165) is 36.8 Å². The monoisotopic (exact) mass is 525 g/mol. The van der Waals surface area contributed by atoms with Gasteiger partial charge in [0, 0.05) is 47.7 Å². The van der Waals surface area contributed by atoms with E-state index in [1.807, 2.05) is 53.2 Å². The summed E-state index contributed by atoms with van der Waals surface area (Å²) >= 11 is 0. The molecule has 0 saturated heterocycles. The molecule has 2 heterocycles. The van der Waals surface area contributed by atoms with Crippen LogP contribution in [-0.4, -0.2) is 40.0 Å². The highest BCUT2D eigenvalue weighted by atomic mass is 32.2. The minimum atomic E-state index is -3.43. The van der Waals surface area contributed by atoms with Crippen molar-refractivity contribution in [3.8, 4) is 22.5 Å². The first-order chi connectivity index (χ1) is 18.4. The van der Waals surface area contributed by atoms with Crippen LogP contribution in [0.25, 0.3) is 33.5 Å². The number of rotatable bonds is 10. The Morgan fingerprint density at radius 3 is 2.39 bits per heavy atom. The van der Waals surface area contributed by atoms with Crippen molar-refractivity contribution in [3.05, 3.63) is 97.1 Å². The maximum absolute atomic E-state index is 12.9. The van der Waals surface area contributed by atoms with Crippen LogP contribution >= 0.6 is 0 Å². The van der Waals surface area contributed by atoms with E-state index in [9.17, 15) is 13.2 Å². The molecule has 192 valence electrons. The summed E-state index contributed by atoms with van der Waals surface area (Å²) in [6, 6.07) is 22.2. The van der Waals surface area contributed by atoms with Crippen LogP contribution in [0.3, 0.4) is 0 Å². The van der Waals surface area contributed by atoms with Gasteiger partial charge in [0.25, 0.3) is 0 Å². The van der Waals surface area contributed by atoms with Gasteiger partial charge in [0.2, 0.25) is 10.0 Å². The predicted molar refractivity (Wildman–Crippen MR) is 149 cm³/mol. The molecule has 0 spiro atoms. The summed E-state index contributed by atoms with van der Waals surface area (Å²) in [6.45, 7) is 0.834. The molecule has 0 atom stereocenters. The Morgan fingerprint density at radius 1 is 0.868 bits per heavy atom. The number of Topliss-reactive ketones (excluding diaryl/α,β-unsaturated/α-hetero) is 1. The molecule has 0 saturated carbocycles. The second-order valence-electron chi connectivity index (χ2n) is 9.13. The van der Waals surface area contributed by atoms with Gasteiger partial charge in [-0.15, -0.1) is 0 Å². The van der Waals surface area contributed by atoms with Crippen molar-refractivity contribution in [3.63, 3.8) is 0 Å². The molecule has 9 heteroatoms. The van der Waals surface area contributed by atoms with E-state index < -0.39 is 10.0 Å². The largest absolute Gasteiger partial charge is 0.337 e. The first-order valence-corrected chi connectivity index (χ1v) is 14.2. The van der Waals surface area contributed by atoms with Gasteiger partial charge >= 0.3 is 0 Å². The standard InChI is InChI=1S/C29H27N5O3S/c1-38(36,37)33-24-11-7-10-23(18-24)29-28(21-8-3-2-4-9-21)32-26-19-22(13-14-25(26)31-29)27(35)12-5-6-16-34-17-15-30-20-34/h2-4,7-11,13-15,17-20,33H,5-6,12,16H2,1H3. The van der Waals surface area contributed by atoms with Crippen LogP contribution in [0.4, 0.5) is 5.69 Å². The van der Waals surface area contributed by atoms with E-state index in [1.165, 1.54) is 0 Å². The topological polar surface area (TPSA) is 107 Å². The Labute approximate surface area is 221 Å². The number of ketones is 1. The van der Waals surface area contributed by atoms with E-state index in [1.54, 1.807) is 42.9 Å². The van der Waals surface area contributed by atoms with Gasteiger partial charge in [0.05, 0.1) is 35.0 Å². The molecular formula is C29H27N5O3S. The number of nitrogens with zero attached hydrogens (tertiary/aromatic N) is 4. The molecule has 38 heavy (non-hydrogen) atoms. The number of imidazole rings is 1. The third kappa shape index (κ3) is 6.12. The third-order valence-electron chi connectivity index (χ3n) is 6.10. The molecule has 0 aliphatic heterocycles. The fraction of sp³-hybridized carbons (Fsp3) is 0.172. The Balaban J connectivity index is 1.47. The van der Waals surface area contributed by atoms with E-state index in [-0.39, 0.29) is 5.78 Å². The number of benzene rings is 3. The number of anilines is 1. The minimum absolute atomic E-state index is 0.0734. The fourth-order valence-corrected chi connectivity index (χ4v) is 4.87. The molecule has 3 aromatic carbocycles. The molecule has 0 aliphatic carbocycles. The molecule has 0 fully saturated rings. The molecule has 1 N–H and O–H groups in total. The first-order valence-electron chi connectivity index (χ1n) is 12.3. The van der Waals surface area contributed by atoms with Gasteiger partial charge < -0.3 is 4.57 Å². The van der Waals surface area contributed by atoms with Gasteiger partial charge in [-0.3, -0.25) is 9.52 Å².